The van der Waals surface area contributed by atoms with Gasteiger partial charge in [-0.15, -0.1) is 6.42 Å². The fourth-order valence-corrected chi connectivity index (χ4v) is 1.51. The van der Waals surface area contributed by atoms with Gasteiger partial charge in [0.2, 0.25) is 0 Å². The third-order valence-electron chi connectivity index (χ3n) is 2.40. The Bertz CT molecular complexity index is 573. The number of para-hydroxylation sites is 1. The molecule has 0 heterocycles. The zero-order valence-electron chi connectivity index (χ0n) is 9.51. The smallest absolute Gasteiger partial charge is 0.142 e. The number of hydrogen-bond acceptors (Lipinski definition) is 2. The number of terminal acetylenes is 1. The molecule has 0 bridgehead atoms. The molecule has 2 aromatic carbocycles. The lowest BCUT2D eigenvalue weighted by Crippen LogP contribution is -1.98. The second-order valence-corrected chi connectivity index (χ2v) is 3.67. The summed E-state index contributed by atoms with van der Waals surface area (Å²) in [5, 5.41) is 9.47. The minimum Gasteiger partial charge on any atom is -0.457 e. The molecule has 1 unspecified atom stereocenters. The molecule has 0 saturated heterocycles. The van der Waals surface area contributed by atoms with E-state index in [0.29, 0.717) is 11.5 Å². The summed E-state index contributed by atoms with van der Waals surface area (Å²) in [4.78, 5) is 0. The summed E-state index contributed by atoms with van der Waals surface area (Å²) in [6.07, 6.45) is 3.79. The van der Waals surface area contributed by atoms with E-state index in [4.69, 9.17) is 11.2 Å². The first-order chi connectivity index (χ1) is 8.70. The Morgan fingerprint density at radius 1 is 1.11 bits per heavy atom. The molecule has 1 atom stereocenters. The Kier molecular flexibility index (Phi) is 3.61. The second kappa shape index (κ2) is 5.35. The average molecular weight is 242 g/mol. The minimum absolute atomic E-state index is 0.0333. The molecule has 2 nitrogen and oxygen atoms in total. The van der Waals surface area contributed by atoms with Crippen molar-refractivity contribution in [2.75, 3.05) is 0 Å². The molecule has 0 amide bonds. The molecule has 0 aromatic heterocycles. The van der Waals surface area contributed by atoms with E-state index in [2.05, 4.69) is 5.92 Å². The monoisotopic (exact) mass is 242 g/mol. The highest BCUT2D eigenvalue weighted by Crippen LogP contribution is 2.26. The predicted octanol–water partition coefficient (Wildman–Crippen LogP) is 3.28. The van der Waals surface area contributed by atoms with E-state index >= 15 is 0 Å². The first-order valence-corrected chi connectivity index (χ1v) is 5.37. The molecule has 3 heteroatoms. The number of hydrogen-bond donors (Lipinski definition) is 1. The van der Waals surface area contributed by atoms with E-state index in [-0.39, 0.29) is 5.56 Å². The Morgan fingerprint density at radius 2 is 1.83 bits per heavy atom. The lowest BCUT2D eigenvalue weighted by Gasteiger charge is -2.09. The van der Waals surface area contributed by atoms with Crippen molar-refractivity contribution in [3.8, 4) is 23.8 Å². The summed E-state index contributed by atoms with van der Waals surface area (Å²) in [5.74, 6) is 2.57. The third-order valence-corrected chi connectivity index (χ3v) is 2.40. The van der Waals surface area contributed by atoms with Gasteiger partial charge in [0.1, 0.15) is 23.4 Å². The van der Waals surface area contributed by atoms with Gasteiger partial charge < -0.3 is 9.84 Å². The summed E-state index contributed by atoms with van der Waals surface area (Å²) in [5.41, 5.74) is 0.0333. The van der Waals surface area contributed by atoms with Crippen LogP contribution in [0.1, 0.15) is 11.7 Å². The lowest BCUT2D eigenvalue weighted by molar-refractivity contribution is 0.232. The largest absolute Gasteiger partial charge is 0.457 e. The number of rotatable bonds is 3. The fourth-order valence-electron chi connectivity index (χ4n) is 1.51. The maximum atomic E-state index is 13.4. The summed E-state index contributed by atoms with van der Waals surface area (Å²) in [7, 11) is 0. The van der Waals surface area contributed by atoms with E-state index < -0.39 is 11.9 Å². The van der Waals surface area contributed by atoms with Crippen LogP contribution >= 0.6 is 0 Å². The molecule has 0 aliphatic heterocycles. The van der Waals surface area contributed by atoms with Crippen molar-refractivity contribution in [1.29, 1.82) is 0 Å². The highest BCUT2D eigenvalue weighted by Gasteiger charge is 2.11. The highest BCUT2D eigenvalue weighted by atomic mass is 19.1. The molecule has 1 N–H and O–H groups in total. The molecule has 0 saturated carbocycles. The van der Waals surface area contributed by atoms with Gasteiger partial charge in [-0.25, -0.2) is 4.39 Å². The molecule has 0 aliphatic rings. The number of benzene rings is 2. The van der Waals surface area contributed by atoms with Crippen LogP contribution < -0.4 is 4.74 Å². The van der Waals surface area contributed by atoms with Crippen LogP contribution in [-0.4, -0.2) is 5.11 Å². The Morgan fingerprint density at radius 3 is 2.50 bits per heavy atom. The molecule has 2 aromatic rings. The van der Waals surface area contributed by atoms with Gasteiger partial charge in [-0.2, -0.15) is 0 Å². The average Bonchev–Trinajstić information content (AvgIpc) is 2.41. The van der Waals surface area contributed by atoms with Gasteiger partial charge in [0, 0.05) is 5.56 Å². The van der Waals surface area contributed by atoms with Crippen LogP contribution in [0.15, 0.2) is 48.5 Å². The van der Waals surface area contributed by atoms with Crippen molar-refractivity contribution in [2.24, 2.45) is 0 Å². The van der Waals surface area contributed by atoms with Gasteiger partial charge >= 0.3 is 0 Å². The normalized spacial score (nSPS) is 11.6. The van der Waals surface area contributed by atoms with Crippen LogP contribution in [0.2, 0.25) is 0 Å². The van der Waals surface area contributed by atoms with Crippen LogP contribution in [0, 0.1) is 18.2 Å². The van der Waals surface area contributed by atoms with Gasteiger partial charge in [0.05, 0.1) is 0 Å². The molecule has 0 fully saturated rings. The van der Waals surface area contributed by atoms with Crippen LogP contribution in [-0.2, 0) is 0 Å². The maximum Gasteiger partial charge on any atom is 0.142 e. The van der Waals surface area contributed by atoms with E-state index in [9.17, 15) is 9.50 Å². The first-order valence-electron chi connectivity index (χ1n) is 5.37. The van der Waals surface area contributed by atoms with Gasteiger partial charge in [0.15, 0.2) is 0 Å². The molecular weight excluding hydrogens is 231 g/mol. The minimum atomic E-state index is -1.27. The van der Waals surface area contributed by atoms with E-state index in [0.717, 1.165) is 0 Å². The molecule has 90 valence electrons. The number of halogens is 1. The van der Waals surface area contributed by atoms with E-state index in [1.54, 1.807) is 12.1 Å². The number of ether oxygens (including phenoxy) is 1. The Labute approximate surface area is 105 Å². The number of aliphatic hydroxyl groups is 1. The Balaban J connectivity index is 2.28. The standard InChI is InChI=1S/C15H11FO2/c1-2-15(17)13-10-12(8-9-14(13)16)18-11-6-4-3-5-7-11/h1,3-10,15,17H. The molecular formula is C15H11FO2. The van der Waals surface area contributed by atoms with Crippen LogP contribution in [0.3, 0.4) is 0 Å². The molecule has 0 radical (unpaired) electrons. The molecule has 18 heavy (non-hydrogen) atoms. The van der Waals surface area contributed by atoms with Crippen molar-refractivity contribution in [3.63, 3.8) is 0 Å². The van der Waals surface area contributed by atoms with Crippen LogP contribution in [0.25, 0.3) is 0 Å². The van der Waals surface area contributed by atoms with Crippen molar-refractivity contribution in [1.82, 2.24) is 0 Å². The van der Waals surface area contributed by atoms with Crippen molar-refractivity contribution < 1.29 is 14.2 Å². The second-order valence-electron chi connectivity index (χ2n) is 3.67. The summed E-state index contributed by atoms with van der Waals surface area (Å²) < 4.78 is 19.0. The lowest BCUT2D eigenvalue weighted by atomic mass is 10.1. The van der Waals surface area contributed by atoms with Crippen LogP contribution in [0.5, 0.6) is 11.5 Å². The topological polar surface area (TPSA) is 29.5 Å². The van der Waals surface area contributed by atoms with Crippen molar-refractivity contribution in [2.45, 2.75) is 6.10 Å². The molecule has 0 spiro atoms. The zero-order chi connectivity index (χ0) is 13.0. The SMILES string of the molecule is C#CC(O)c1cc(Oc2ccccc2)ccc1F. The first kappa shape index (κ1) is 12.2. The Hall–Kier alpha value is -2.31. The van der Waals surface area contributed by atoms with Gasteiger partial charge in [-0.3, -0.25) is 0 Å². The van der Waals surface area contributed by atoms with Gasteiger partial charge in [0.25, 0.3) is 0 Å². The summed E-state index contributed by atoms with van der Waals surface area (Å²) in [6.45, 7) is 0. The summed E-state index contributed by atoms with van der Waals surface area (Å²) in [6, 6.07) is 13.2. The predicted molar refractivity (Wildman–Crippen MR) is 66.7 cm³/mol. The van der Waals surface area contributed by atoms with Crippen molar-refractivity contribution in [3.05, 3.63) is 59.9 Å². The number of aliphatic hydroxyl groups excluding tert-OH is 1. The quantitative estimate of drug-likeness (QED) is 0.837. The summed E-state index contributed by atoms with van der Waals surface area (Å²) >= 11 is 0. The zero-order valence-corrected chi connectivity index (χ0v) is 9.51. The molecule has 2 rings (SSSR count). The van der Waals surface area contributed by atoms with E-state index in [1.807, 2.05) is 18.2 Å². The highest BCUT2D eigenvalue weighted by molar-refractivity contribution is 5.37. The van der Waals surface area contributed by atoms with Crippen LogP contribution in [0.4, 0.5) is 4.39 Å². The van der Waals surface area contributed by atoms with Crippen molar-refractivity contribution >= 4 is 0 Å². The molecule has 0 aliphatic carbocycles. The maximum absolute atomic E-state index is 13.4. The third kappa shape index (κ3) is 2.68. The fraction of sp³-hybridized carbons (Fsp3) is 0.0667. The van der Waals surface area contributed by atoms with Gasteiger partial charge in [-0.05, 0) is 30.3 Å². The van der Waals surface area contributed by atoms with Gasteiger partial charge in [-0.1, -0.05) is 24.1 Å². The van der Waals surface area contributed by atoms with E-state index in [1.165, 1.54) is 18.2 Å².